The summed E-state index contributed by atoms with van der Waals surface area (Å²) in [5, 5.41) is 12.3. The first-order valence-corrected chi connectivity index (χ1v) is 10.9. The van der Waals surface area contributed by atoms with Crippen LogP contribution in [0.1, 0.15) is 35.7 Å². The molecule has 2 aromatic rings. The van der Waals surface area contributed by atoms with Crippen LogP contribution in [0.4, 0.5) is 10.5 Å². The first-order chi connectivity index (χ1) is 15.4. The number of carbonyl (C=O) groups is 3. The second-order valence-corrected chi connectivity index (χ2v) is 7.94. The number of hydrogen-bond acceptors (Lipinski definition) is 8. The average molecular weight is 457 g/mol. The smallest absolute Gasteiger partial charge is 0.338 e. The average Bonchev–Trinajstić information content (AvgIpc) is 3.06. The minimum absolute atomic E-state index is 0.0119. The number of nitrogens with one attached hydrogen (secondary N) is 1. The molecule has 2 N–H and O–H groups in total. The van der Waals surface area contributed by atoms with Crippen molar-refractivity contribution in [2.24, 2.45) is 0 Å². The van der Waals surface area contributed by atoms with E-state index in [0.717, 1.165) is 29.5 Å². The van der Waals surface area contributed by atoms with Crippen molar-refractivity contribution in [3.8, 4) is 11.5 Å². The number of thioether (sulfide) groups is 1. The molecule has 1 heterocycles. The van der Waals surface area contributed by atoms with Gasteiger partial charge in [0.15, 0.2) is 11.5 Å². The van der Waals surface area contributed by atoms with E-state index in [1.54, 1.807) is 42.5 Å². The highest BCUT2D eigenvalue weighted by atomic mass is 32.2. The monoisotopic (exact) mass is 456 g/mol. The fourth-order valence-electron chi connectivity index (χ4n) is 2.86. The van der Waals surface area contributed by atoms with E-state index in [0.29, 0.717) is 23.4 Å². The van der Waals surface area contributed by atoms with E-state index >= 15 is 0 Å². The van der Waals surface area contributed by atoms with Crippen molar-refractivity contribution < 1.29 is 29.0 Å². The van der Waals surface area contributed by atoms with Gasteiger partial charge in [0.05, 0.1) is 30.9 Å². The first kappa shape index (κ1) is 23.2. The van der Waals surface area contributed by atoms with Crippen molar-refractivity contribution in [2.45, 2.75) is 19.8 Å². The van der Waals surface area contributed by atoms with Crippen molar-refractivity contribution >= 4 is 40.6 Å². The molecule has 0 bridgehead atoms. The number of imide groups is 1. The highest BCUT2D eigenvalue weighted by molar-refractivity contribution is 8.18. The molecule has 0 atom stereocenters. The third-order valence-corrected chi connectivity index (χ3v) is 5.58. The zero-order valence-electron chi connectivity index (χ0n) is 17.8. The third-order valence-electron chi connectivity index (χ3n) is 4.67. The number of rotatable bonds is 9. The largest absolute Gasteiger partial charge is 0.504 e. The van der Waals surface area contributed by atoms with Gasteiger partial charge in [-0.3, -0.25) is 14.5 Å². The van der Waals surface area contributed by atoms with E-state index in [4.69, 9.17) is 9.47 Å². The molecule has 3 rings (SSSR count). The minimum Gasteiger partial charge on any atom is -0.504 e. The Balaban J connectivity index is 1.60. The number of phenolic OH excluding ortho intramolecular Hbond substituents is 1. The molecule has 0 radical (unpaired) electrons. The van der Waals surface area contributed by atoms with Gasteiger partial charge >= 0.3 is 5.97 Å². The fourth-order valence-corrected chi connectivity index (χ4v) is 3.70. The zero-order valence-corrected chi connectivity index (χ0v) is 18.6. The van der Waals surface area contributed by atoms with Crippen LogP contribution in [0.25, 0.3) is 6.08 Å². The minimum atomic E-state index is -0.421. The van der Waals surface area contributed by atoms with Gasteiger partial charge in [0, 0.05) is 5.69 Å². The van der Waals surface area contributed by atoms with Gasteiger partial charge in [-0.2, -0.15) is 0 Å². The number of hydrogen-bond donors (Lipinski definition) is 2. The van der Waals surface area contributed by atoms with Gasteiger partial charge in [0.25, 0.3) is 11.1 Å². The summed E-state index contributed by atoms with van der Waals surface area (Å²) >= 11 is 0.839. The number of phenols is 1. The molecule has 0 aromatic heterocycles. The molecular weight excluding hydrogens is 432 g/mol. The molecule has 32 heavy (non-hydrogen) atoms. The quantitative estimate of drug-likeness (QED) is 0.324. The molecule has 1 fully saturated rings. The predicted octanol–water partition coefficient (Wildman–Crippen LogP) is 4.46. The van der Waals surface area contributed by atoms with Crippen molar-refractivity contribution in [1.82, 2.24) is 4.90 Å². The Morgan fingerprint density at radius 2 is 1.94 bits per heavy atom. The molecule has 8 nitrogen and oxygen atoms in total. The van der Waals surface area contributed by atoms with E-state index in [2.05, 4.69) is 5.32 Å². The molecule has 2 aromatic carbocycles. The molecule has 168 valence electrons. The number of amides is 2. The van der Waals surface area contributed by atoms with E-state index < -0.39 is 11.1 Å². The maximum absolute atomic E-state index is 12.7. The summed E-state index contributed by atoms with van der Waals surface area (Å²) in [5.41, 5.74) is 1.71. The van der Waals surface area contributed by atoms with Gasteiger partial charge in [-0.05, 0) is 66.2 Å². The number of carbonyl (C=O) groups excluding carboxylic acids is 3. The number of nitrogens with zero attached hydrogens (tertiary/aromatic N) is 1. The standard InChI is InChI=1S/C23H24N2O6S/c1-3-4-11-31-22(28)16-6-8-17(9-7-16)24-14-25-21(27)20(32-23(25)29)13-15-5-10-18(26)19(12-15)30-2/h5-10,12-13,24,26H,3-4,11,14H2,1-2H3/b20-13-. The summed E-state index contributed by atoms with van der Waals surface area (Å²) < 4.78 is 10.2. The van der Waals surface area contributed by atoms with E-state index in [-0.39, 0.29) is 29.0 Å². The lowest BCUT2D eigenvalue weighted by Gasteiger charge is -2.14. The van der Waals surface area contributed by atoms with Crippen molar-refractivity contribution in [2.75, 3.05) is 25.7 Å². The van der Waals surface area contributed by atoms with Gasteiger partial charge in [-0.25, -0.2) is 4.79 Å². The molecule has 1 aliphatic rings. The molecule has 0 saturated carbocycles. The van der Waals surface area contributed by atoms with Gasteiger partial charge < -0.3 is 19.9 Å². The molecule has 0 unspecified atom stereocenters. The normalized spacial score (nSPS) is 14.7. The van der Waals surface area contributed by atoms with Crippen LogP contribution < -0.4 is 10.1 Å². The lowest BCUT2D eigenvalue weighted by atomic mass is 10.2. The van der Waals surface area contributed by atoms with E-state index in [1.807, 2.05) is 6.92 Å². The number of ether oxygens (including phenoxy) is 2. The molecule has 9 heteroatoms. The topological polar surface area (TPSA) is 105 Å². The Hall–Kier alpha value is -3.46. The number of unbranched alkanes of at least 4 members (excludes halogenated alkanes) is 1. The summed E-state index contributed by atoms with van der Waals surface area (Å²) in [5.74, 6) is -0.540. The van der Waals surface area contributed by atoms with E-state index in [9.17, 15) is 19.5 Å². The van der Waals surface area contributed by atoms with Crippen LogP contribution in [0.15, 0.2) is 47.4 Å². The molecule has 1 aliphatic heterocycles. The van der Waals surface area contributed by atoms with E-state index in [1.165, 1.54) is 13.2 Å². The molecule has 1 saturated heterocycles. The fraction of sp³-hybridized carbons (Fsp3) is 0.261. The first-order valence-electron chi connectivity index (χ1n) is 10.1. The number of esters is 1. The summed E-state index contributed by atoms with van der Waals surface area (Å²) in [4.78, 5) is 38.3. The number of aromatic hydroxyl groups is 1. The number of anilines is 1. The number of benzene rings is 2. The Labute approximate surface area is 190 Å². The van der Waals surface area contributed by atoms with Crippen LogP contribution >= 0.6 is 11.8 Å². The maximum atomic E-state index is 12.7. The van der Waals surface area contributed by atoms with Crippen LogP contribution in [0.2, 0.25) is 0 Å². The van der Waals surface area contributed by atoms with Crippen LogP contribution in [-0.2, 0) is 9.53 Å². The summed E-state index contributed by atoms with van der Waals surface area (Å²) in [6.45, 7) is 2.39. The SMILES string of the molecule is CCCCOC(=O)c1ccc(NCN2C(=O)S/C(=C\c3ccc(O)c(OC)c3)C2=O)cc1. The second-order valence-electron chi connectivity index (χ2n) is 6.94. The van der Waals surface area contributed by atoms with Crippen LogP contribution in [0.3, 0.4) is 0 Å². The third kappa shape index (κ3) is 5.61. The molecular formula is C23H24N2O6S. The van der Waals surface area contributed by atoms with Gasteiger partial charge in [0.2, 0.25) is 0 Å². The lowest BCUT2D eigenvalue weighted by Crippen LogP contribution is -2.33. The van der Waals surface area contributed by atoms with Crippen molar-refractivity contribution in [3.05, 3.63) is 58.5 Å². The molecule has 2 amide bonds. The van der Waals surface area contributed by atoms with Gasteiger partial charge in [-0.1, -0.05) is 19.4 Å². The Bertz CT molecular complexity index is 1040. The Kier molecular flexibility index (Phi) is 7.77. The summed E-state index contributed by atoms with van der Waals surface area (Å²) in [6, 6.07) is 11.3. The predicted molar refractivity (Wildman–Crippen MR) is 123 cm³/mol. The van der Waals surface area contributed by atoms with Crippen molar-refractivity contribution in [3.63, 3.8) is 0 Å². The Morgan fingerprint density at radius 1 is 1.19 bits per heavy atom. The zero-order chi connectivity index (χ0) is 23.1. The van der Waals surface area contributed by atoms with Crippen LogP contribution in [0, 0.1) is 0 Å². The van der Waals surface area contributed by atoms with Crippen LogP contribution in [-0.4, -0.2) is 47.5 Å². The number of methoxy groups -OCH3 is 1. The van der Waals surface area contributed by atoms with Crippen LogP contribution in [0.5, 0.6) is 11.5 Å². The lowest BCUT2D eigenvalue weighted by molar-refractivity contribution is -0.122. The highest BCUT2D eigenvalue weighted by Gasteiger charge is 2.34. The van der Waals surface area contributed by atoms with Gasteiger partial charge in [-0.15, -0.1) is 0 Å². The summed E-state index contributed by atoms with van der Waals surface area (Å²) in [7, 11) is 1.43. The molecule has 0 aliphatic carbocycles. The second kappa shape index (κ2) is 10.7. The van der Waals surface area contributed by atoms with Crippen molar-refractivity contribution in [1.29, 1.82) is 0 Å². The summed E-state index contributed by atoms with van der Waals surface area (Å²) in [6.07, 6.45) is 3.34. The maximum Gasteiger partial charge on any atom is 0.338 e. The Morgan fingerprint density at radius 3 is 2.62 bits per heavy atom. The highest BCUT2D eigenvalue weighted by Crippen LogP contribution is 2.34. The van der Waals surface area contributed by atoms with Gasteiger partial charge in [0.1, 0.15) is 0 Å². The molecule has 0 spiro atoms.